The summed E-state index contributed by atoms with van der Waals surface area (Å²) in [6.07, 6.45) is 7.86. The van der Waals surface area contributed by atoms with Crippen molar-refractivity contribution >= 4 is 17.7 Å². The van der Waals surface area contributed by atoms with Gasteiger partial charge < -0.3 is 9.84 Å². The fourth-order valence-electron chi connectivity index (χ4n) is 5.66. The standard InChI is InChI=1S/C21H24N2O2S/c1-13-18(26-16-7-3-2-4-8-16)17(25-23-13)20(24)22-19-15-10-14-6-5-9-21(19,11-14)12-15/h2-4,7-8,14-15,19H,5-6,9-12H2,1H3,(H,22,24). The monoisotopic (exact) mass is 368 g/mol. The molecule has 136 valence electrons. The van der Waals surface area contributed by atoms with Gasteiger partial charge in [-0.2, -0.15) is 0 Å². The minimum Gasteiger partial charge on any atom is -0.350 e. The Hall–Kier alpha value is -1.75. The fourth-order valence-corrected chi connectivity index (χ4v) is 6.59. The highest BCUT2D eigenvalue weighted by molar-refractivity contribution is 7.99. The van der Waals surface area contributed by atoms with Crippen LogP contribution >= 0.6 is 11.8 Å². The van der Waals surface area contributed by atoms with Crippen LogP contribution in [-0.4, -0.2) is 17.1 Å². The average Bonchev–Trinajstić information content (AvgIpc) is 3.01. The Balaban J connectivity index is 1.35. The third kappa shape index (κ3) is 2.59. The lowest BCUT2D eigenvalue weighted by Crippen LogP contribution is -2.66. The SMILES string of the molecule is Cc1noc(C(=O)NC2C3CC4CCCC2(C4)C3)c1Sc1ccccc1. The number of carbonyl (C=O) groups excluding carboxylic acids is 1. The normalized spacial score (nSPS) is 32.0. The van der Waals surface area contributed by atoms with Gasteiger partial charge in [0.05, 0.1) is 10.6 Å². The van der Waals surface area contributed by atoms with Gasteiger partial charge in [-0.25, -0.2) is 0 Å². The fraction of sp³-hybridized carbons (Fsp3) is 0.524. The van der Waals surface area contributed by atoms with Gasteiger partial charge >= 0.3 is 0 Å². The minimum atomic E-state index is -0.0953. The van der Waals surface area contributed by atoms with Crippen molar-refractivity contribution in [2.75, 3.05) is 0 Å². The van der Waals surface area contributed by atoms with E-state index in [1.54, 1.807) is 11.8 Å². The molecule has 1 spiro atoms. The van der Waals surface area contributed by atoms with E-state index in [1.165, 1.54) is 38.5 Å². The Labute approximate surface area is 158 Å². The molecule has 3 bridgehead atoms. The molecule has 0 saturated heterocycles. The number of aryl methyl sites for hydroxylation is 1. The van der Waals surface area contributed by atoms with Crippen molar-refractivity contribution in [1.29, 1.82) is 0 Å². The molecular formula is C21H24N2O2S. The molecule has 0 aliphatic heterocycles. The highest BCUT2D eigenvalue weighted by Crippen LogP contribution is 2.63. The van der Waals surface area contributed by atoms with Gasteiger partial charge in [-0.3, -0.25) is 4.79 Å². The quantitative estimate of drug-likeness (QED) is 0.839. The number of rotatable bonds is 4. The lowest BCUT2D eigenvalue weighted by atomic mass is 9.44. The van der Waals surface area contributed by atoms with Crippen molar-refractivity contribution in [3.63, 3.8) is 0 Å². The van der Waals surface area contributed by atoms with Crippen molar-refractivity contribution in [2.24, 2.45) is 17.3 Å². The van der Waals surface area contributed by atoms with Crippen LogP contribution in [0.5, 0.6) is 0 Å². The summed E-state index contributed by atoms with van der Waals surface area (Å²) in [6, 6.07) is 10.4. The van der Waals surface area contributed by atoms with E-state index in [1.807, 2.05) is 37.3 Å². The number of nitrogens with zero attached hydrogens (tertiary/aromatic N) is 1. The van der Waals surface area contributed by atoms with E-state index in [9.17, 15) is 4.79 Å². The van der Waals surface area contributed by atoms with E-state index in [0.717, 1.165) is 21.4 Å². The van der Waals surface area contributed by atoms with Crippen LogP contribution in [0.25, 0.3) is 0 Å². The number of aromatic nitrogens is 1. The number of benzene rings is 1. The topological polar surface area (TPSA) is 55.1 Å². The summed E-state index contributed by atoms with van der Waals surface area (Å²) in [5.74, 6) is 1.83. The molecule has 4 aliphatic rings. The van der Waals surface area contributed by atoms with E-state index < -0.39 is 0 Å². The minimum absolute atomic E-state index is 0.0953. The van der Waals surface area contributed by atoms with Gasteiger partial charge in [0.25, 0.3) is 5.91 Å². The molecule has 1 N–H and O–H groups in total. The van der Waals surface area contributed by atoms with Gasteiger partial charge in [-0.05, 0) is 62.0 Å². The largest absolute Gasteiger partial charge is 0.350 e. The second-order valence-corrected chi connectivity index (χ2v) is 9.40. The number of hydrogen-bond acceptors (Lipinski definition) is 4. The molecular weight excluding hydrogens is 344 g/mol. The van der Waals surface area contributed by atoms with Gasteiger partial charge in [-0.1, -0.05) is 48.0 Å². The van der Waals surface area contributed by atoms with Crippen molar-refractivity contribution in [2.45, 2.75) is 61.3 Å². The Bertz CT molecular complexity index is 828. The molecule has 4 unspecified atom stereocenters. The molecule has 0 radical (unpaired) electrons. The maximum absolute atomic E-state index is 13.0. The summed E-state index contributed by atoms with van der Waals surface area (Å²) in [6.45, 7) is 1.90. The second-order valence-electron chi connectivity index (χ2n) is 8.32. The number of nitrogens with one attached hydrogen (secondary N) is 1. The molecule has 4 saturated carbocycles. The second kappa shape index (κ2) is 6.15. The van der Waals surface area contributed by atoms with Crippen molar-refractivity contribution in [3.05, 3.63) is 41.8 Å². The van der Waals surface area contributed by atoms with Gasteiger partial charge in [0.15, 0.2) is 0 Å². The Morgan fingerprint density at radius 2 is 2.15 bits per heavy atom. The molecule has 1 heterocycles. The first-order chi connectivity index (χ1) is 12.6. The molecule has 1 aromatic heterocycles. The van der Waals surface area contributed by atoms with Crippen LogP contribution in [-0.2, 0) is 0 Å². The van der Waals surface area contributed by atoms with Crippen LogP contribution in [0.4, 0.5) is 0 Å². The zero-order valence-corrected chi connectivity index (χ0v) is 15.8. The lowest BCUT2D eigenvalue weighted by molar-refractivity contribution is -0.108. The van der Waals surface area contributed by atoms with Crippen molar-refractivity contribution in [1.82, 2.24) is 10.5 Å². The molecule has 1 aromatic carbocycles. The van der Waals surface area contributed by atoms with E-state index >= 15 is 0 Å². The van der Waals surface area contributed by atoms with Crippen molar-refractivity contribution < 1.29 is 9.32 Å². The maximum Gasteiger partial charge on any atom is 0.291 e. The Morgan fingerprint density at radius 3 is 3.00 bits per heavy atom. The maximum atomic E-state index is 13.0. The third-order valence-corrected chi connectivity index (χ3v) is 7.88. The van der Waals surface area contributed by atoms with Crippen LogP contribution in [0.1, 0.15) is 54.8 Å². The van der Waals surface area contributed by atoms with E-state index in [2.05, 4.69) is 10.5 Å². The summed E-state index contributed by atoms with van der Waals surface area (Å²) in [7, 11) is 0. The van der Waals surface area contributed by atoms with Gasteiger partial charge in [-0.15, -0.1) is 0 Å². The van der Waals surface area contributed by atoms with Gasteiger partial charge in [0.1, 0.15) is 0 Å². The Kier molecular flexibility index (Phi) is 3.89. The predicted molar refractivity (Wildman–Crippen MR) is 100 cm³/mol. The average molecular weight is 369 g/mol. The van der Waals surface area contributed by atoms with E-state index in [4.69, 9.17) is 4.52 Å². The highest BCUT2D eigenvalue weighted by Gasteiger charge is 2.59. The summed E-state index contributed by atoms with van der Waals surface area (Å²) >= 11 is 1.55. The molecule has 1 amide bonds. The van der Waals surface area contributed by atoms with Crippen LogP contribution in [0.15, 0.2) is 44.6 Å². The van der Waals surface area contributed by atoms with E-state index in [-0.39, 0.29) is 5.91 Å². The van der Waals surface area contributed by atoms with Gasteiger partial charge in [0.2, 0.25) is 5.76 Å². The molecule has 4 atom stereocenters. The summed E-state index contributed by atoms with van der Waals surface area (Å²) in [5.41, 5.74) is 1.14. The van der Waals surface area contributed by atoms with Crippen molar-refractivity contribution in [3.8, 4) is 0 Å². The number of amides is 1. The number of carbonyl (C=O) groups is 1. The first kappa shape index (κ1) is 16.4. The zero-order valence-electron chi connectivity index (χ0n) is 15.0. The molecule has 6 rings (SSSR count). The zero-order chi connectivity index (χ0) is 17.7. The molecule has 26 heavy (non-hydrogen) atoms. The molecule has 5 heteroatoms. The Morgan fingerprint density at radius 1 is 1.31 bits per heavy atom. The highest BCUT2D eigenvalue weighted by atomic mass is 32.2. The summed E-state index contributed by atoms with van der Waals surface area (Å²) in [4.78, 5) is 14.9. The van der Waals surface area contributed by atoms with Crippen LogP contribution in [0, 0.1) is 24.2 Å². The number of hydrogen-bond donors (Lipinski definition) is 1. The predicted octanol–water partition coefficient (Wildman–Crippen LogP) is 4.83. The summed E-state index contributed by atoms with van der Waals surface area (Å²) < 4.78 is 5.44. The van der Waals surface area contributed by atoms with Crippen LogP contribution in [0.3, 0.4) is 0 Å². The molecule has 4 fully saturated rings. The molecule has 4 aliphatic carbocycles. The van der Waals surface area contributed by atoms with E-state index in [0.29, 0.717) is 23.1 Å². The molecule has 2 aromatic rings. The first-order valence-corrected chi connectivity index (χ1v) is 10.5. The smallest absolute Gasteiger partial charge is 0.291 e. The lowest BCUT2D eigenvalue weighted by Gasteiger charge is -2.64. The molecule has 4 nitrogen and oxygen atoms in total. The third-order valence-electron chi connectivity index (χ3n) is 6.68. The van der Waals surface area contributed by atoms with Crippen LogP contribution < -0.4 is 5.32 Å². The summed E-state index contributed by atoms with van der Waals surface area (Å²) in [5, 5.41) is 7.40. The van der Waals surface area contributed by atoms with Crippen LogP contribution in [0.2, 0.25) is 0 Å². The first-order valence-electron chi connectivity index (χ1n) is 9.65. The van der Waals surface area contributed by atoms with Gasteiger partial charge in [0, 0.05) is 10.9 Å².